The summed E-state index contributed by atoms with van der Waals surface area (Å²) in [4.78, 5) is 19.9. The third kappa shape index (κ3) is 4.39. The molecule has 0 bridgehead atoms. The molecule has 0 aliphatic rings. The molecule has 0 fully saturated rings. The van der Waals surface area contributed by atoms with Crippen LogP contribution < -0.4 is 10.5 Å². The van der Waals surface area contributed by atoms with Crippen LogP contribution in [0.15, 0.2) is 67.0 Å². The van der Waals surface area contributed by atoms with Crippen molar-refractivity contribution in [1.29, 1.82) is 0 Å². The number of hydrogen-bond donors (Lipinski definition) is 1. The van der Waals surface area contributed by atoms with Gasteiger partial charge in [0.1, 0.15) is 23.7 Å². The lowest BCUT2D eigenvalue weighted by Crippen LogP contribution is -2.06. The zero-order valence-electron chi connectivity index (χ0n) is 13.1. The third-order valence-corrected chi connectivity index (χ3v) is 3.45. The zero-order chi connectivity index (χ0) is 16.8. The molecule has 5 heteroatoms. The summed E-state index contributed by atoms with van der Waals surface area (Å²) in [5, 5.41) is 0. The highest BCUT2D eigenvalue weighted by Gasteiger charge is 2.06. The molecule has 0 aliphatic carbocycles. The Balaban J connectivity index is 1.59. The summed E-state index contributed by atoms with van der Waals surface area (Å²) < 4.78 is 5.60. The Labute approximate surface area is 140 Å². The van der Waals surface area contributed by atoms with Gasteiger partial charge in [0.05, 0.1) is 0 Å². The van der Waals surface area contributed by atoms with Gasteiger partial charge in [0, 0.05) is 18.9 Å². The third-order valence-electron chi connectivity index (χ3n) is 3.45. The molecule has 0 radical (unpaired) electrons. The Morgan fingerprint density at radius 1 is 0.917 bits per heavy atom. The second-order valence-corrected chi connectivity index (χ2v) is 5.40. The first-order valence-corrected chi connectivity index (χ1v) is 7.59. The highest BCUT2D eigenvalue weighted by molar-refractivity contribution is 5.83. The maximum atomic E-state index is 12.1. The Morgan fingerprint density at radius 2 is 1.58 bits per heavy atom. The van der Waals surface area contributed by atoms with Crippen molar-refractivity contribution in [3.05, 3.63) is 78.1 Å². The van der Waals surface area contributed by atoms with Gasteiger partial charge >= 0.3 is 0 Å². The van der Waals surface area contributed by atoms with Crippen LogP contribution in [-0.4, -0.2) is 15.8 Å². The van der Waals surface area contributed by atoms with Crippen LogP contribution in [0.5, 0.6) is 11.6 Å². The van der Waals surface area contributed by atoms with E-state index in [1.54, 1.807) is 6.07 Å². The molecule has 0 atom stereocenters. The van der Waals surface area contributed by atoms with Crippen molar-refractivity contribution in [3.8, 4) is 11.6 Å². The maximum Gasteiger partial charge on any atom is 0.224 e. The van der Waals surface area contributed by atoms with Gasteiger partial charge in [-0.05, 0) is 23.3 Å². The molecule has 2 N–H and O–H groups in total. The van der Waals surface area contributed by atoms with E-state index in [0.29, 0.717) is 30.3 Å². The van der Waals surface area contributed by atoms with Crippen LogP contribution >= 0.6 is 0 Å². The van der Waals surface area contributed by atoms with Crippen LogP contribution in [0.3, 0.4) is 0 Å². The van der Waals surface area contributed by atoms with Crippen LogP contribution in [0.4, 0.5) is 5.82 Å². The predicted octanol–water partition coefficient (Wildman–Crippen LogP) is 3.21. The number of benzene rings is 2. The lowest BCUT2D eigenvalue weighted by Gasteiger charge is -2.06. The van der Waals surface area contributed by atoms with E-state index in [0.717, 1.165) is 11.1 Å². The molecule has 0 unspecified atom stereocenters. The monoisotopic (exact) mass is 319 g/mol. The number of rotatable bonds is 6. The van der Waals surface area contributed by atoms with E-state index in [2.05, 4.69) is 9.97 Å². The molecule has 2 aromatic carbocycles. The van der Waals surface area contributed by atoms with Gasteiger partial charge in [-0.25, -0.2) is 9.97 Å². The van der Waals surface area contributed by atoms with Crippen LogP contribution in [0, 0.1) is 0 Å². The molecule has 0 aliphatic heterocycles. The minimum Gasteiger partial charge on any atom is -0.439 e. The van der Waals surface area contributed by atoms with E-state index < -0.39 is 0 Å². The molecular weight excluding hydrogens is 302 g/mol. The van der Waals surface area contributed by atoms with E-state index in [1.165, 1.54) is 6.33 Å². The molecule has 0 saturated carbocycles. The van der Waals surface area contributed by atoms with Gasteiger partial charge < -0.3 is 10.5 Å². The molecule has 24 heavy (non-hydrogen) atoms. The first-order valence-electron chi connectivity index (χ1n) is 7.59. The Kier molecular flexibility index (Phi) is 4.81. The fourth-order valence-electron chi connectivity index (χ4n) is 2.32. The largest absolute Gasteiger partial charge is 0.439 e. The number of Topliss-reactive ketones (excluding diaryl/α,β-unsaturated/α-hetero) is 1. The number of hydrogen-bond acceptors (Lipinski definition) is 5. The van der Waals surface area contributed by atoms with Gasteiger partial charge in [0.15, 0.2) is 0 Å². The van der Waals surface area contributed by atoms with Crippen molar-refractivity contribution >= 4 is 11.6 Å². The van der Waals surface area contributed by atoms with Crippen molar-refractivity contribution in [2.75, 3.05) is 5.73 Å². The lowest BCUT2D eigenvalue weighted by molar-refractivity contribution is -0.117. The topological polar surface area (TPSA) is 78.1 Å². The molecule has 0 spiro atoms. The van der Waals surface area contributed by atoms with Crippen LogP contribution in [0.2, 0.25) is 0 Å². The molecule has 1 heterocycles. The van der Waals surface area contributed by atoms with Gasteiger partial charge in [-0.2, -0.15) is 0 Å². The van der Waals surface area contributed by atoms with Crippen molar-refractivity contribution in [2.24, 2.45) is 0 Å². The number of carbonyl (C=O) groups is 1. The summed E-state index contributed by atoms with van der Waals surface area (Å²) in [6.07, 6.45) is 2.19. The number of anilines is 1. The highest BCUT2D eigenvalue weighted by Crippen LogP contribution is 2.20. The Hall–Kier alpha value is -3.21. The fourth-order valence-corrected chi connectivity index (χ4v) is 2.32. The standard InChI is InChI=1S/C19H17N3O2/c20-18-12-19(22-13-21-18)24-17-8-6-15(7-9-17)11-16(23)10-14-4-2-1-3-5-14/h1-9,12-13H,10-11H2,(H2,20,21,22). The van der Waals surface area contributed by atoms with Gasteiger partial charge in [-0.1, -0.05) is 42.5 Å². The summed E-state index contributed by atoms with van der Waals surface area (Å²) in [5.74, 6) is 1.55. The van der Waals surface area contributed by atoms with Gasteiger partial charge in [-0.15, -0.1) is 0 Å². The number of nitrogen functional groups attached to an aromatic ring is 1. The molecule has 3 rings (SSSR count). The predicted molar refractivity (Wildman–Crippen MR) is 91.8 cm³/mol. The number of nitrogens with zero attached hydrogens (tertiary/aromatic N) is 2. The maximum absolute atomic E-state index is 12.1. The first kappa shape index (κ1) is 15.7. The van der Waals surface area contributed by atoms with Crippen molar-refractivity contribution in [2.45, 2.75) is 12.8 Å². The lowest BCUT2D eigenvalue weighted by atomic mass is 10.0. The van der Waals surface area contributed by atoms with Gasteiger partial charge in [0.25, 0.3) is 0 Å². The fraction of sp³-hybridized carbons (Fsp3) is 0.105. The molecule has 0 amide bonds. The van der Waals surface area contributed by atoms with E-state index in [4.69, 9.17) is 10.5 Å². The van der Waals surface area contributed by atoms with Crippen molar-refractivity contribution in [3.63, 3.8) is 0 Å². The molecular formula is C19H17N3O2. The number of ether oxygens (including phenoxy) is 1. The van der Waals surface area contributed by atoms with Crippen LogP contribution in [0.1, 0.15) is 11.1 Å². The van der Waals surface area contributed by atoms with Crippen LogP contribution in [0.25, 0.3) is 0 Å². The summed E-state index contributed by atoms with van der Waals surface area (Å²) >= 11 is 0. The molecule has 1 aromatic heterocycles. The second kappa shape index (κ2) is 7.37. The normalized spacial score (nSPS) is 10.3. The Morgan fingerprint density at radius 3 is 2.25 bits per heavy atom. The quantitative estimate of drug-likeness (QED) is 0.755. The number of nitrogens with two attached hydrogens (primary N) is 1. The van der Waals surface area contributed by atoms with Gasteiger partial charge in [-0.3, -0.25) is 4.79 Å². The molecule has 0 saturated heterocycles. The first-order chi connectivity index (χ1) is 11.7. The molecule has 3 aromatic rings. The average molecular weight is 319 g/mol. The molecule has 120 valence electrons. The van der Waals surface area contributed by atoms with E-state index in [-0.39, 0.29) is 5.78 Å². The van der Waals surface area contributed by atoms with Crippen molar-refractivity contribution < 1.29 is 9.53 Å². The number of aromatic nitrogens is 2. The minimum atomic E-state index is 0.179. The smallest absolute Gasteiger partial charge is 0.224 e. The van der Waals surface area contributed by atoms with E-state index >= 15 is 0 Å². The number of carbonyl (C=O) groups excluding carboxylic acids is 1. The number of ketones is 1. The van der Waals surface area contributed by atoms with E-state index in [9.17, 15) is 4.79 Å². The average Bonchev–Trinajstić information content (AvgIpc) is 2.57. The summed E-state index contributed by atoms with van der Waals surface area (Å²) in [5.41, 5.74) is 7.57. The molecule has 5 nitrogen and oxygen atoms in total. The Bertz CT molecular complexity index is 818. The summed E-state index contributed by atoms with van der Waals surface area (Å²) in [6, 6.07) is 18.7. The van der Waals surface area contributed by atoms with Crippen LogP contribution in [-0.2, 0) is 17.6 Å². The van der Waals surface area contributed by atoms with E-state index in [1.807, 2.05) is 54.6 Å². The second-order valence-electron chi connectivity index (χ2n) is 5.40. The minimum absolute atomic E-state index is 0.179. The highest BCUT2D eigenvalue weighted by atomic mass is 16.5. The zero-order valence-corrected chi connectivity index (χ0v) is 13.1. The van der Waals surface area contributed by atoms with Crippen molar-refractivity contribution in [1.82, 2.24) is 9.97 Å². The van der Waals surface area contributed by atoms with Gasteiger partial charge in [0.2, 0.25) is 5.88 Å². The SMILES string of the molecule is Nc1cc(Oc2ccc(CC(=O)Cc3ccccc3)cc2)ncn1. The summed E-state index contributed by atoms with van der Waals surface area (Å²) in [7, 11) is 0. The summed E-state index contributed by atoms with van der Waals surface area (Å²) in [6.45, 7) is 0.